The third-order valence-electron chi connectivity index (χ3n) is 4.73. The van der Waals surface area contributed by atoms with Crippen molar-refractivity contribution in [2.75, 3.05) is 5.32 Å². The molecule has 0 spiro atoms. The lowest BCUT2D eigenvalue weighted by Crippen LogP contribution is -2.12. The van der Waals surface area contributed by atoms with Crippen molar-refractivity contribution in [3.05, 3.63) is 77.9 Å². The number of carbonyl (C=O) groups is 1. The van der Waals surface area contributed by atoms with E-state index in [0.717, 1.165) is 5.56 Å². The number of pyridine rings is 1. The first-order chi connectivity index (χ1) is 12.3. The fourth-order valence-electron chi connectivity index (χ4n) is 3.04. The Morgan fingerprint density at radius 3 is 2.56 bits per heavy atom. The molecule has 0 radical (unpaired) electrons. The van der Waals surface area contributed by atoms with Gasteiger partial charge in [-0.2, -0.15) is 5.10 Å². The quantitative estimate of drug-likeness (QED) is 0.772. The first-order valence-corrected chi connectivity index (χ1v) is 8.60. The van der Waals surface area contributed by atoms with Crippen molar-refractivity contribution in [2.24, 2.45) is 0 Å². The zero-order valence-electron chi connectivity index (χ0n) is 13.9. The number of hydrogen-bond acceptors (Lipinski definition) is 3. The highest BCUT2D eigenvalue weighted by Crippen LogP contribution is 2.36. The predicted octanol–water partition coefficient (Wildman–Crippen LogP) is 3.85. The average molecular weight is 332 g/mol. The summed E-state index contributed by atoms with van der Waals surface area (Å²) in [6.45, 7) is 0.647. The molecule has 1 aliphatic rings. The van der Waals surface area contributed by atoms with Crippen LogP contribution in [0.2, 0.25) is 0 Å². The zero-order chi connectivity index (χ0) is 17.1. The Balaban J connectivity index is 1.39. The lowest BCUT2D eigenvalue weighted by Gasteiger charge is -2.25. The van der Waals surface area contributed by atoms with Crippen LogP contribution >= 0.6 is 0 Å². The normalized spacial score (nSPS) is 14.1. The number of anilines is 1. The third kappa shape index (κ3) is 3.60. The highest BCUT2D eigenvalue weighted by atomic mass is 16.1. The molecule has 126 valence electrons. The molecule has 1 saturated carbocycles. The summed E-state index contributed by atoms with van der Waals surface area (Å²) in [4.78, 5) is 16.4. The molecule has 2 heterocycles. The summed E-state index contributed by atoms with van der Waals surface area (Å²) >= 11 is 0. The fourth-order valence-corrected chi connectivity index (χ4v) is 3.04. The Bertz CT molecular complexity index is 851. The van der Waals surface area contributed by atoms with E-state index in [0.29, 0.717) is 23.7 Å². The van der Waals surface area contributed by atoms with Crippen LogP contribution in [0.4, 0.5) is 5.69 Å². The van der Waals surface area contributed by atoms with Crippen molar-refractivity contribution >= 4 is 11.6 Å². The van der Waals surface area contributed by atoms with E-state index in [1.807, 2.05) is 30.5 Å². The highest BCUT2D eigenvalue weighted by Gasteiger charge is 2.19. The van der Waals surface area contributed by atoms with Gasteiger partial charge in [-0.05, 0) is 54.2 Å². The van der Waals surface area contributed by atoms with Gasteiger partial charge in [0.2, 0.25) is 0 Å². The number of amides is 1. The van der Waals surface area contributed by atoms with Gasteiger partial charge < -0.3 is 5.32 Å². The van der Waals surface area contributed by atoms with E-state index in [1.54, 1.807) is 23.3 Å². The molecule has 0 atom stereocenters. The summed E-state index contributed by atoms with van der Waals surface area (Å²) < 4.78 is 1.80. The second kappa shape index (κ2) is 6.89. The van der Waals surface area contributed by atoms with Crippen molar-refractivity contribution in [1.82, 2.24) is 14.8 Å². The Hall–Kier alpha value is -2.95. The Labute approximate surface area is 146 Å². The van der Waals surface area contributed by atoms with Gasteiger partial charge in [-0.1, -0.05) is 18.6 Å². The number of hydrogen-bond donors (Lipinski definition) is 1. The molecule has 25 heavy (non-hydrogen) atoms. The number of benzene rings is 1. The van der Waals surface area contributed by atoms with Crippen LogP contribution in [0.3, 0.4) is 0 Å². The van der Waals surface area contributed by atoms with Crippen LogP contribution in [0.15, 0.2) is 61.2 Å². The second-order valence-electron chi connectivity index (χ2n) is 6.49. The standard InChI is InChI=1S/C20H20N4O/c25-20(18-6-4-17(5-7-18)16-2-1-3-16)23-19-12-22-24(14-19)13-15-8-10-21-11-9-15/h4-12,14,16H,1-3,13H2,(H,23,25). The van der Waals surface area contributed by atoms with E-state index < -0.39 is 0 Å². The van der Waals surface area contributed by atoms with E-state index in [2.05, 4.69) is 27.5 Å². The van der Waals surface area contributed by atoms with Crippen molar-refractivity contribution in [3.8, 4) is 0 Å². The Morgan fingerprint density at radius 2 is 1.88 bits per heavy atom. The molecule has 2 aromatic heterocycles. The first-order valence-electron chi connectivity index (χ1n) is 8.60. The lowest BCUT2D eigenvalue weighted by atomic mass is 9.80. The maximum Gasteiger partial charge on any atom is 0.255 e. The molecule has 1 amide bonds. The number of carbonyl (C=O) groups excluding carboxylic acids is 1. The van der Waals surface area contributed by atoms with Gasteiger partial charge in [-0.15, -0.1) is 0 Å². The average Bonchev–Trinajstić information content (AvgIpc) is 3.02. The van der Waals surface area contributed by atoms with E-state index in [1.165, 1.54) is 24.8 Å². The minimum atomic E-state index is -0.108. The monoisotopic (exact) mass is 332 g/mol. The van der Waals surface area contributed by atoms with Gasteiger partial charge >= 0.3 is 0 Å². The van der Waals surface area contributed by atoms with Gasteiger partial charge in [0.15, 0.2) is 0 Å². The van der Waals surface area contributed by atoms with Crippen LogP contribution in [0.25, 0.3) is 0 Å². The summed E-state index contributed by atoms with van der Waals surface area (Å²) in [6, 6.07) is 11.9. The van der Waals surface area contributed by atoms with Gasteiger partial charge in [-0.3, -0.25) is 14.5 Å². The van der Waals surface area contributed by atoms with Crippen LogP contribution < -0.4 is 5.32 Å². The van der Waals surface area contributed by atoms with Gasteiger partial charge in [0.1, 0.15) is 0 Å². The predicted molar refractivity (Wildman–Crippen MR) is 96.6 cm³/mol. The summed E-state index contributed by atoms with van der Waals surface area (Å²) in [5.74, 6) is 0.576. The molecule has 1 fully saturated rings. The van der Waals surface area contributed by atoms with E-state index in [4.69, 9.17) is 0 Å². The largest absolute Gasteiger partial charge is 0.319 e. The van der Waals surface area contributed by atoms with Crippen LogP contribution in [-0.2, 0) is 6.54 Å². The zero-order valence-corrected chi connectivity index (χ0v) is 13.9. The summed E-state index contributed by atoms with van der Waals surface area (Å²) in [6.07, 6.45) is 10.9. The summed E-state index contributed by atoms with van der Waals surface area (Å²) in [7, 11) is 0. The molecule has 1 aliphatic carbocycles. The lowest BCUT2D eigenvalue weighted by molar-refractivity contribution is 0.102. The highest BCUT2D eigenvalue weighted by molar-refractivity contribution is 6.04. The topological polar surface area (TPSA) is 59.8 Å². The first kappa shape index (κ1) is 15.6. The molecule has 0 saturated heterocycles. The van der Waals surface area contributed by atoms with Crippen LogP contribution in [-0.4, -0.2) is 20.7 Å². The Kier molecular flexibility index (Phi) is 4.29. The maximum absolute atomic E-state index is 12.4. The molecular formula is C20H20N4O. The molecule has 1 N–H and O–H groups in total. The molecule has 0 bridgehead atoms. The van der Waals surface area contributed by atoms with Crippen LogP contribution in [0.1, 0.15) is 46.7 Å². The van der Waals surface area contributed by atoms with Gasteiger partial charge in [0.05, 0.1) is 18.4 Å². The molecular weight excluding hydrogens is 312 g/mol. The van der Waals surface area contributed by atoms with Crippen molar-refractivity contribution < 1.29 is 4.79 Å². The van der Waals surface area contributed by atoms with E-state index in [9.17, 15) is 4.79 Å². The summed E-state index contributed by atoms with van der Waals surface area (Å²) in [5, 5.41) is 7.20. The Morgan fingerprint density at radius 1 is 1.12 bits per heavy atom. The number of nitrogens with one attached hydrogen (secondary N) is 1. The smallest absolute Gasteiger partial charge is 0.255 e. The molecule has 4 rings (SSSR count). The van der Waals surface area contributed by atoms with E-state index in [-0.39, 0.29) is 5.91 Å². The molecule has 3 aromatic rings. The van der Waals surface area contributed by atoms with Crippen molar-refractivity contribution in [1.29, 1.82) is 0 Å². The summed E-state index contributed by atoms with van der Waals surface area (Å²) in [5.41, 5.74) is 3.82. The van der Waals surface area contributed by atoms with Gasteiger partial charge in [-0.25, -0.2) is 0 Å². The van der Waals surface area contributed by atoms with Crippen molar-refractivity contribution in [2.45, 2.75) is 31.7 Å². The molecule has 1 aromatic carbocycles. The fraction of sp³-hybridized carbons (Fsp3) is 0.250. The molecule has 0 aliphatic heterocycles. The molecule has 5 nitrogen and oxygen atoms in total. The van der Waals surface area contributed by atoms with Crippen molar-refractivity contribution in [3.63, 3.8) is 0 Å². The molecule has 5 heteroatoms. The van der Waals surface area contributed by atoms with Gasteiger partial charge in [0.25, 0.3) is 5.91 Å². The van der Waals surface area contributed by atoms with E-state index >= 15 is 0 Å². The SMILES string of the molecule is O=C(Nc1cnn(Cc2ccncc2)c1)c1ccc(C2CCC2)cc1. The van der Waals surface area contributed by atoms with Crippen LogP contribution in [0, 0.1) is 0 Å². The third-order valence-corrected chi connectivity index (χ3v) is 4.73. The number of nitrogens with zero attached hydrogens (tertiary/aromatic N) is 3. The minimum absolute atomic E-state index is 0.108. The number of aromatic nitrogens is 3. The molecule has 0 unspecified atom stereocenters. The maximum atomic E-state index is 12.4. The second-order valence-corrected chi connectivity index (χ2v) is 6.49. The van der Waals surface area contributed by atoms with Gasteiger partial charge in [0, 0.05) is 24.2 Å². The van der Waals surface area contributed by atoms with Crippen LogP contribution in [0.5, 0.6) is 0 Å². The number of rotatable bonds is 5. The minimum Gasteiger partial charge on any atom is -0.319 e.